The van der Waals surface area contributed by atoms with E-state index in [4.69, 9.17) is 0 Å². The van der Waals surface area contributed by atoms with Gasteiger partial charge in [0.05, 0.1) is 12.5 Å². The van der Waals surface area contributed by atoms with Crippen LogP contribution in [0, 0.1) is 0 Å². The summed E-state index contributed by atoms with van der Waals surface area (Å²) in [6, 6.07) is 3.67. The van der Waals surface area contributed by atoms with Gasteiger partial charge in [0.2, 0.25) is 0 Å². The van der Waals surface area contributed by atoms with E-state index in [2.05, 4.69) is 4.42 Å². The van der Waals surface area contributed by atoms with Gasteiger partial charge in [-0.05, 0) is 12.1 Å². The SMILES string of the molecule is F.F.F.F.c1ccoc1. The lowest BCUT2D eigenvalue weighted by Gasteiger charge is -1.50. The van der Waals surface area contributed by atoms with Gasteiger partial charge >= 0.3 is 0 Å². The van der Waals surface area contributed by atoms with Crippen molar-refractivity contribution in [3.8, 4) is 0 Å². The number of hydrogen-bond donors (Lipinski definition) is 0. The van der Waals surface area contributed by atoms with Gasteiger partial charge in [0.25, 0.3) is 0 Å². The van der Waals surface area contributed by atoms with E-state index in [9.17, 15) is 0 Å². The van der Waals surface area contributed by atoms with E-state index in [0.29, 0.717) is 0 Å². The molecule has 1 aromatic heterocycles. The normalized spacial score (nSPS) is 4.44. The van der Waals surface area contributed by atoms with Crippen molar-refractivity contribution in [1.82, 2.24) is 0 Å². The zero-order valence-corrected chi connectivity index (χ0v) is 4.35. The summed E-state index contributed by atoms with van der Waals surface area (Å²) in [6.45, 7) is 0. The first-order valence-corrected chi connectivity index (χ1v) is 1.47. The third-order valence-electron chi connectivity index (χ3n) is 0.425. The molecule has 1 rings (SSSR count). The molecule has 5 heteroatoms. The molecule has 0 amide bonds. The molecular weight excluding hydrogens is 140 g/mol. The molecular formula is C4H8F4O. The first kappa shape index (κ1) is 24.5. The lowest BCUT2D eigenvalue weighted by Crippen LogP contribution is -1.16. The fourth-order valence-corrected chi connectivity index (χ4v) is 0.227. The van der Waals surface area contributed by atoms with E-state index in [1.807, 2.05) is 12.1 Å². The molecule has 0 bridgehead atoms. The first-order chi connectivity index (χ1) is 2.50. The Morgan fingerprint density at radius 2 is 1.00 bits per heavy atom. The van der Waals surface area contributed by atoms with E-state index in [1.165, 1.54) is 0 Å². The second-order valence-corrected chi connectivity index (χ2v) is 0.793. The molecule has 0 aliphatic carbocycles. The molecule has 0 spiro atoms. The number of furan rings is 1. The quantitative estimate of drug-likeness (QED) is 0.512. The van der Waals surface area contributed by atoms with Crippen LogP contribution in [0.4, 0.5) is 18.8 Å². The van der Waals surface area contributed by atoms with Crippen molar-refractivity contribution >= 4 is 0 Å². The topological polar surface area (TPSA) is 13.1 Å². The molecule has 1 heterocycles. The molecule has 0 saturated heterocycles. The van der Waals surface area contributed by atoms with Gasteiger partial charge in [0, 0.05) is 0 Å². The largest absolute Gasteiger partial charge is 0.473 e. The molecule has 1 aromatic rings. The molecule has 1 nitrogen and oxygen atoms in total. The van der Waals surface area contributed by atoms with Crippen LogP contribution >= 0.6 is 0 Å². The maximum Gasteiger partial charge on any atom is 0.0902 e. The number of hydrogen-bond acceptors (Lipinski definition) is 1. The van der Waals surface area contributed by atoms with Crippen LogP contribution in [0.2, 0.25) is 0 Å². The molecule has 0 saturated carbocycles. The Morgan fingerprint density at radius 1 is 0.667 bits per heavy atom. The van der Waals surface area contributed by atoms with Gasteiger partial charge in [-0.15, -0.1) is 0 Å². The highest BCUT2D eigenvalue weighted by atomic mass is 19.0. The van der Waals surface area contributed by atoms with Gasteiger partial charge in [-0.2, -0.15) is 0 Å². The molecule has 0 atom stereocenters. The summed E-state index contributed by atoms with van der Waals surface area (Å²) in [6.07, 6.45) is 3.25. The maximum atomic E-state index is 4.58. The Labute approximate surface area is 49.1 Å². The minimum absolute atomic E-state index is 0. The van der Waals surface area contributed by atoms with Crippen molar-refractivity contribution in [2.24, 2.45) is 0 Å². The summed E-state index contributed by atoms with van der Waals surface area (Å²) < 4.78 is 4.58. The van der Waals surface area contributed by atoms with Gasteiger partial charge in [-0.3, -0.25) is 18.8 Å². The molecule has 0 radical (unpaired) electrons. The first-order valence-electron chi connectivity index (χ1n) is 1.47. The average Bonchev–Trinajstić information content (AvgIpc) is 1.76. The number of rotatable bonds is 0. The van der Waals surface area contributed by atoms with Crippen LogP contribution < -0.4 is 0 Å². The highest BCUT2D eigenvalue weighted by molar-refractivity contribution is 4.79. The fraction of sp³-hybridized carbons (Fsp3) is 0. The molecule has 0 unspecified atom stereocenters. The van der Waals surface area contributed by atoms with Gasteiger partial charge in [0.15, 0.2) is 0 Å². The molecule has 9 heavy (non-hydrogen) atoms. The molecule has 0 N–H and O–H groups in total. The van der Waals surface area contributed by atoms with Gasteiger partial charge in [-0.25, -0.2) is 0 Å². The van der Waals surface area contributed by atoms with Crippen molar-refractivity contribution in [2.45, 2.75) is 0 Å². The van der Waals surface area contributed by atoms with E-state index >= 15 is 0 Å². The summed E-state index contributed by atoms with van der Waals surface area (Å²) >= 11 is 0. The van der Waals surface area contributed by atoms with Crippen molar-refractivity contribution in [2.75, 3.05) is 0 Å². The van der Waals surface area contributed by atoms with Gasteiger partial charge in [-0.1, -0.05) is 0 Å². The zero-order chi connectivity index (χ0) is 3.54. The van der Waals surface area contributed by atoms with Crippen LogP contribution in [0.5, 0.6) is 0 Å². The standard InChI is InChI=1S/C4H4O.4FH/c1-2-4-5-3-1;;;;/h1-4H;4*1H. The Bertz CT molecular complexity index is 69.0. The summed E-state index contributed by atoms with van der Waals surface area (Å²) in [7, 11) is 0. The Kier molecular flexibility index (Phi) is 42.9. The van der Waals surface area contributed by atoms with Crippen LogP contribution in [0.15, 0.2) is 29.1 Å². The second-order valence-electron chi connectivity index (χ2n) is 0.793. The predicted molar refractivity (Wildman–Crippen MR) is 28.7 cm³/mol. The molecule has 0 aliphatic rings. The Balaban J connectivity index is -0.0000000312. The van der Waals surface area contributed by atoms with Gasteiger partial charge in [0.1, 0.15) is 0 Å². The predicted octanol–water partition coefficient (Wildman–Crippen LogP) is 1.89. The van der Waals surface area contributed by atoms with Crippen LogP contribution in [-0.4, -0.2) is 0 Å². The third kappa shape index (κ3) is 10.9. The summed E-state index contributed by atoms with van der Waals surface area (Å²) in [5, 5.41) is 0. The Hall–Kier alpha value is -1.00. The highest BCUT2D eigenvalue weighted by Gasteiger charge is 1.58. The summed E-state index contributed by atoms with van der Waals surface area (Å²) in [5.74, 6) is 0. The van der Waals surface area contributed by atoms with E-state index in [0.717, 1.165) is 0 Å². The van der Waals surface area contributed by atoms with Crippen molar-refractivity contribution in [3.63, 3.8) is 0 Å². The van der Waals surface area contributed by atoms with Crippen LogP contribution in [0.25, 0.3) is 0 Å². The second kappa shape index (κ2) is 15.8. The highest BCUT2D eigenvalue weighted by Crippen LogP contribution is 1.79. The smallest absolute Gasteiger partial charge is 0.0902 e. The lowest BCUT2D eigenvalue weighted by molar-refractivity contribution is 0.567. The molecule has 58 valence electrons. The van der Waals surface area contributed by atoms with Crippen LogP contribution in [0.1, 0.15) is 0 Å². The molecule has 0 fully saturated rings. The lowest BCUT2D eigenvalue weighted by atomic mass is 10.7. The monoisotopic (exact) mass is 148 g/mol. The van der Waals surface area contributed by atoms with E-state index in [-0.39, 0.29) is 18.8 Å². The number of halogens is 4. The van der Waals surface area contributed by atoms with Crippen molar-refractivity contribution in [3.05, 3.63) is 24.7 Å². The maximum absolute atomic E-state index is 4.58. The van der Waals surface area contributed by atoms with Gasteiger partial charge < -0.3 is 4.42 Å². The fourth-order valence-electron chi connectivity index (χ4n) is 0.227. The third-order valence-corrected chi connectivity index (χ3v) is 0.425. The molecule has 0 aliphatic heterocycles. The minimum Gasteiger partial charge on any atom is -0.473 e. The Morgan fingerprint density at radius 3 is 1.11 bits per heavy atom. The van der Waals surface area contributed by atoms with Crippen LogP contribution in [0.3, 0.4) is 0 Å². The van der Waals surface area contributed by atoms with Crippen LogP contribution in [-0.2, 0) is 0 Å². The minimum atomic E-state index is 0. The molecule has 0 aromatic carbocycles. The summed E-state index contributed by atoms with van der Waals surface area (Å²) in [5.41, 5.74) is 0. The van der Waals surface area contributed by atoms with Crippen molar-refractivity contribution in [1.29, 1.82) is 0 Å². The summed E-state index contributed by atoms with van der Waals surface area (Å²) in [4.78, 5) is 0. The van der Waals surface area contributed by atoms with E-state index < -0.39 is 0 Å². The average molecular weight is 148 g/mol. The van der Waals surface area contributed by atoms with E-state index in [1.54, 1.807) is 12.5 Å². The van der Waals surface area contributed by atoms with Crippen molar-refractivity contribution < 1.29 is 23.2 Å². The zero-order valence-electron chi connectivity index (χ0n) is 4.35.